The van der Waals surface area contributed by atoms with E-state index in [-0.39, 0.29) is 18.7 Å². The van der Waals surface area contributed by atoms with E-state index in [4.69, 9.17) is 4.74 Å². The Morgan fingerprint density at radius 3 is 2.32 bits per heavy atom. The lowest BCUT2D eigenvalue weighted by Gasteiger charge is -2.10. The summed E-state index contributed by atoms with van der Waals surface area (Å²) in [5, 5.41) is 2.83. The first-order valence-corrected chi connectivity index (χ1v) is 10.6. The fraction of sp³-hybridized carbons (Fsp3) is 0.273. The second kappa shape index (κ2) is 12.5. The topological polar surface area (TPSA) is 114 Å². The van der Waals surface area contributed by atoms with E-state index in [0.717, 1.165) is 22.1 Å². The van der Waals surface area contributed by atoms with Crippen molar-refractivity contribution in [3.05, 3.63) is 64.1 Å². The highest BCUT2D eigenvalue weighted by Crippen LogP contribution is 2.16. The van der Waals surface area contributed by atoms with Crippen LogP contribution in [0.5, 0.6) is 0 Å². The number of benzene rings is 2. The zero-order chi connectivity index (χ0) is 22.6. The normalized spacial score (nSPS) is 10.1. The highest BCUT2D eigenvalue weighted by atomic mass is 79.9. The Morgan fingerprint density at radius 2 is 1.61 bits per heavy atom. The smallest absolute Gasteiger partial charge is 0.306 e. The molecule has 31 heavy (non-hydrogen) atoms. The van der Waals surface area contributed by atoms with Gasteiger partial charge in [0.1, 0.15) is 0 Å². The third-order valence-electron chi connectivity index (χ3n) is 4.24. The van der Waals surface area contributed by atoms with Crippen LogP contribution >= 0.6 is 15.9 Å². The Balaban J connectivity index is 1.61. The highest BCUT2D eigenvalue weighted by Gasteiger charge is 2.11. The lowest BCUT2D eigenvalue weighted by Crippen LogP contribution is -2.43. The molecule has 0 bridgehead atoms. The van der Waals surface area contributed by atoms with E-state index in [1.165, 1.54) is 0 Å². The van der Waals surface area contributed by atoms with Gasteiger partial charge in [-0.2, -0.15) is 0 Å². The Kier molecular flexibility index (Phi) is 9.70. The lowest BCUT2D eigenvalue weighted by molar-refractivity contribution is -0.148. The average Bonchev–Trinajstić information content (AvgIpc) is 2.76. The number of halogens is 1. The minimum absolute atomic E-state index is 0.00137. The number of ether oxygens (including phenoxy) is 1. The summed E-state index contributed by atoms with van der Waals surface area (Å²) in [6.45, 7) is 1.47. The van der Waals surface area contributed by atoms with Crippen molar-refractivity contribution in [2.45, 2.75) is 32.6 Å². The van der Waals surface area contributed by atoms with Gasteiger partial charge in [0.05, 0.1) is 0 Å². The van der Waals surface area contributed by atoms with Crippen LogP contribution in [-0.2, 0) is 25.5 Å². The van der Waals surface area contributed by atoms with Crippen molar-refractivity contribution in [1.82, 2.24) is 10.9 Å². The number of hydrazine groups is 1. The maximum Gasteiger partial charge on any atom is 0.306 e. The maximum absolute atomic E-state index is 12.0. The quantitative estimate of drug-likeness (QED) is 0.369. The van der Waals surface area contributed by atoms with E-state index in [2.05, 4.69) is 32.1 Å². The van der Waals surface area contributed by atoms with Gasteiger partial charge in [0.15, 0.2) is 6.61 Å². The fourth-order valence-electron chi connectivity index (χ4n) is 2.61. The molecule has 0 spiro atoms. The molecule has 0 radical (unpaired) electrons. The number of esters is 1. The molecular formula is C22H24BrN3O5. The van der Waals surface area contributed by atoms with Gasteiger partial charge in [-0.15, -0.1) is 0 Å². The van der Waals surface area contributed by atoms with Gasteiger partial charge in [0, 0.05) is 28.6 Å². The number of amides is 3. The Morgan fingerprint density at radius 1 is 0.903 bits per heavy atom. The second-order valence-electron chi connectivity index (χ2n) is 6.58. The molecule has 0 saturated heterocycles. The van der Waals surface area contributed by atoms with Gasteiger partial charge in [-0.05, 0) is 48.7 Å². The maximum atomic E-state index is 12.0. The molecule has 2 rings (SSSR count). The van der Waals surface area contributed by atoms with E-state index >= 15 is 0 Å². The molecular weight excluding hydrogens is 466 g/mol. The zero-order valence-electron chi connectivity index (χ0n) is 17.1. The first-order chi connectivity index (χ1) is 14.9. The SMILES string of the molecule is CCc1ccccc1NC(=O)CCCC(=O)OCC(=O)NNC(=O)c1ccc(Br)cc1. The van der Waals surface area contributed by atoms with Crippen LogP contribution in [0.15, 0.2) is 53.0 Å². The third kappa shape index (κ3) is 8.59. The van der Waals surface area contributed by atoms with Crippen LogP contribution < -0.4 is 16.2 Å². The molecule has 0 saturated carbocycles. The predicted octanol–water partition coefficient (Wildman–Crippen LogP) is 3.12. The van der Waals surface area contributed by atoms with Crippen LogP contribution in [0.1, 0.15) is 42.1 Å². The number of carbonyl (C=O) groups is 4. The van der Waals surface area contributed by atoms with E-state index in [1.54, 1.807) is 24.3 Å². The summed E-state index contributed by atoms with van der Waals surface area (Å²) in [6.07, 6.45) is 1.25. The number of nitrogens with one attached hydrogen (secondary N) is 3. The fourth-order valence-corrected chi connectivity index (χ4v) is 2.88. The van der Waals surface area contributed by atoms with Crippen LogP contribution in [0.2, 0.25) is 0 Å². The van der Waals surface area contributed by atoms with Crippen molar-refractivity contribution in [2.75, 3.05) is 11.9 Å². The summed E-state index contributed by atoms with van der Waals surface area (Å²) >= 11 is 3.26. The van der Waals surface area contributed by atoms with Crippen LogP contribution in [0.25, 0.3) is 0 Å². The van der Waals surface area contributed by atoms with Crippen molar-refractivity contribution in [3.8, 4) is 0 Å². The van der Waals surface area contributed by atoms with E-state index in [1.807, 2.05) is 31.2 Å². The number of rotatable bonds is 9. The van der Waals surface area contributed by atoms with Crippen molar-refractivity contribution >= 4 is 45.3 Å². The van der Waals surface area contributed by atoms with E-state index < -0.39 is 24.4 Å². The van der Waals surface area contributed by atoms with Gasteiger partial charge in [-0.3, -0.25) is 30.0 Å². The zero-order valence-corrected chi connectivity index (χ0v) is 18.7. The van der Waals surface area contributed by atoms with Crippen molar-refractivity contribution in [3.63, 3.8) is 0 Å². The minimum Gasteiger partial charge on any atom is -0.455 e. The largest absolute Gasteiger partial charge is 0.455 e. The molecule has 0 aliphatic rings. The first kappa shape index (κ1) is 24.1. The summed E-state index contributed by atoms with van der Waals surface area (Å²) in [5.41, 5.74) is 6.57. The molecule has 0 heterocycles. The third-order valence-corrected chi connectivity index (χ3v) is 4.77. The number of hydrogen-bond donors (Lipinski definition) is 3. The van der Waals surface area contributed by atoms with Crippen molar-refractivity contribution in [2.24, 2.45) is 0 Å². The number of para-hydroxylation sites is 1. The van der Waals surface area contributed by atoms with Gasteiger partial charge in [0.25, 0.3) is 11.8 Å². The summed E-state index contributed by atoms with van der Waals surface area (Å²) in [7, 11) is 0. The van der Waals surface area contributed by atoms with Gasteiger partial charge >= 0.3 is 5.97 Å². The summed E-state index contributed by atoms with van der Waals surface area (Å²) in [4.78, 5) is 47.4. The lowest BCUT2D eigenvalue weighted by atomic mass is 10.1. The monoisotopic (exact) mass is 489 g/mol. The molecule has 2 aromatic carbocycles. The Hall–Kier alpha value is -3.20. The second-order valence-corrected chi connectivity index (χ2v) is 7.50. The molecule has 8 nitrogen and oxygen atoms in total. The summed E-state index contributed by atoms with van der Waals surface area (Å²) < 4.78 is 5.68. The molecule has 0 atom stereocenters. The molecule has 0 unspecified atom stereocenters. The molecule has 164 valence electrons. The van der Waals surface area contributed by atoms with Gasteiger partial charge in [-0.1, -0.05) is 41.1 Å². The molecule has 0 aromatic heterocycles. The Bertz CT molecular complexity index is 931. The molecule has 0 aliphatic heterocycles. The van der Waals surface area contributed by atoms with Crippen molar-refractivity contribution < 1.29 is 23.9 Å². The number of anilines is 1. The molecule has 0 fully saturated rings. The van der Waals surface area contributed by atoms with Crippen LogP contribution in [0.4, 0.5) is 5.69 Å². The predicted molar refractivity (Wildman–Crippen MR) is 119 cm³/mol. The van der Waals surface area contributed by atoms with E-state index in [0.29, 0.717) is 12.0 Å². The van der Waals surface area contributed by atoms with Crippen molar-refractivity contribution in [1.29, 1.82) is 0 Å². The highest BCUT2D eigenvalue weighted by molar-refractivity contribution is 9.10. The van der Waals surface area contributed by atoms with Gasteiger partial charge < -0.3 is 10.1 Å². The molecule has 9 heteroatoms. The van der Waals surface area contributed by atoms with Gasteiger partial charge in [-0.25, -0.2) is 0 Å². The first-order valence-electron chi connectivity index (χ1n) is 9.77. The van der Waals surface area contributed by atoms with Crippen LogP contribution in [-0.4, -0.2) is 30.3 Å². The summed E-state index contributed by atoms with van der Waals surface area (Å²) in [6, 6.07) is 14.1. The molecule has 0 aliphatic carbocycles. The number of carbonyl (C=O) groups excluding carboxylic acids is 4. The van der Waals surface area contributed by atoms with E-state index in [9.17, 15) is 19.2 Å². The minimum atomic E-state index is -0.673. The average molecular weight is 490 g/mol. The van der Waals surface area contributed by atoms with Crippen LogP contribution in [0, 0.1) is 0 Å². The Labute approximate surface area is 188 Å². The number of hydrogen-bond acceptors (Lipinski definition) is 5. The van der Waals surface area contributed by atoms with Gasteiger partial charge in [0.2, 0.25) is 5.91 Å². The summed E-state index contributed by atoms with van der Waals surface area (Å²) in [5.74, 6) is -1.96. The standard InChI is InChI=1S/C22H24BrN3O5/c1-2-15-6-3-4-7-18(15)24-19(27)8-5-9-21(29)31-14-20(28)25-26-22(30)16-10-12-17(23)13-11-16/h3-4,6-7,10-13H,2,5,8-9,14H2,1H3,(H,24,27)(H,25,28)(H,26,30). The molecule has 2 aromatic rings. The number of aryl methyl sites for hydroxylation is 1. The van der Waals surface area contributed by atoms with Crippen LogP contribution in [0.3, 0.4) is 0 Å². The molecule has 3 N–H and O–H groups in total. The molecule has 3 amide bonds.